The molecule has 0 atom stereocenters. The van der Waals surface area contributed by atoms with Crippen LogP contribution in [0.3, 0.4) is 0 Å². The normalized spacial score (nSPS) is 11.3. The Morgan fingerprint density at radius 3 is 2.65 bits per heavy atom. The maximum absolute atomic E-state index is 12.3. The van der Waals surface area contributed by atoms with Crippen molar-refractivity contribution in [3.8, 4) is 0 Å². The van der Waals surface area contributed by atoms with Gasteiger partial charge in [0.15, 0.2) is 5.78 Å². The molecule has 3 nitrogen and oxygen atoms in total. The zero-order valence-electron chi connectivity index (χ0n) is 12.2. The van der Waals surface area contributed by atoms with Crippen molar-refractivity contribution < 1.29 is 9.53 Å². The minimum Gasteiger partial charge on any atom is -0.383 e. The van der Waals surface area contributed by atoms with E-state index < -0.39 is 0 Å². The maximum Gasteiger partial charge on any atom is 0.178 e. The molecule has 0 radical (unpaired) electrons. The SMILES string of the molecule is COCCN(CC(=O)c1cc(Cl)ccc1Cl)CC(C)C. The zero-order chi connectivity index (χ0) is 15.1. The molecule has 0 bridgehead atoms. The fourth-order valence-corrected chi connectivity index (χ4v) is 2.37. The Kier molecular flexibility index (Phi) is 7.52. The van der Waals surface area contributed by atoms with Gasteiger partial charge >= 0.3 is 0 Å². The number of ether oxygens (including phenoxy) is 1. The van der Waals surface area contributed by atoms with Gasteiger partial charge in [-0.3, -0.25) is 9.69 Å². The summed E-state index contributed by atoms with van der Waals surface area (Å²) in [6.07, 6.45) is 0. The largest absolute Gasteiger partial charge is 0.383 e. The summed E-state index contributed by atoms with van der Waals surface area (Å²) in [7, 11) is 1.66. The first-order valence-electron chi connectivity index (χ1n) is 6.63. The average Bonchev–Trinajstić information content (AvgIpc) is 2.38. The second-order valence-electron chi connectivity index (χ2n) is 5.17. The minimum absolute atomic E-state index is 0.0192. The lowest BCUT2D eigenvalue weighted by atomic mass is 10.1. The smallest absolute Gasteiger partial charge is 0.178 e. The first kappa shape index (κ1) is 17.4. The maximum atomic E-state index is 12.3. The molecule has 0 N–H and O–H groups in total. The highest BCUT2D eigenvalue weighted by Crippen LogP contribution is 2.21. The molecule has 1 aromatic rings. The number of carbonyl (C=O) groups excluding carboxylic acids is 1. The summed E-state index contributed by atoms with van der Waals surface area (Å²) >= 11 is 12.0. The molecule has 0 saturated carbocycles. The molecule has 5 heteroatoms. The molecule has 0 amide bonds. The van der Waals surface area contributed by atoms with E-state index >= 15 is 0 Å². The lowest BCUT2D eigenvalue weighted by Crippen LogP contribution is -2.35. The van der Waals surface area contributed by atoms with Crippen LogP contribution in [0.2, 0.25) is 10.0 Å². The molecular formula is C15H21Cl2NO2. The second kappa shape index (κ2) is 8.63. The quantitative estimate of drug-likeness (QED) is 0.683. The third kappa shape index (κ3) is 5.80. The number of hydrogen-bond acceptors (Lipinski definition) is 3. The van der Waals surface area contributed by atoms with Gasteiger partial charge in [0, 0.05) is 30.8 Å². The van der Waals surface area contributed by atoms with E-state index in [1.165, 1.54) is 0 Å². The van der Waals surface area contributed by atoms with E-state index in [0.29, 0.717) is 34.7 Å². The molecule has 0 aliphatic carbocycles. The van der Waals surface area contributed by atoms with Crippen molar-refractivity contribution in [3.05, 3.63) is 33.8 Å². The first-order chi connectivity index (χ1) is 9.43. The van der Waals surface area contributed by atoms with Gasteiger partial charge in [-0.05, 0) is 24.1 Å². The van der Waals surface area contributed by atoms with Crippen LogP contribution in [0.4, 0.5) is 0 Å². The van der Waals surface area contributed by atoms with E-state index in [-0.39, 0.29) is 5.78 Å². The van der Waals surface area contributed by atoms with E-state index in [1.807, 2.05) is 0 Å². The molecule has 0 unspecified atom stereocenters. The number of carbonyl (C=O) groups is 1. The molecule has 0 fully saturated rings. The van der Waals surface area contributed by atoms with Crippen molar-refractivity contribution >= 4 is 29.0 Å². The zero-order valence-corrected chi connectivity index (χ0v) is 13.7. The van der Waals surface area contributed by atoms with Crippen LogP contribution < -0.4 is 0 Å². The summed E-state index contributed by atoms with van der Waals surface area (Å²) in [4.78, 5) is 14.4. The number of ketones is 1. The summed E-state index contributed by atoms with van der Waals surface area (Å²) in [5.41, 5.74) is 0.477. The molecular weight excluding hydrogens is 297 g/mol. The van der Waals surface area contributed by atoms with Crippen molar-refractivity contribution in [1.82, 2.24) is 4.90 Å². The number of methoxy groups -OCH3 is 1. The van der Waals surface area contributed by atoms with E-state index in [0.717, 1.165) is 13.1 Å². The number of Topliss-reactive ketones (excluding diaryl/α,β-unsaturated/α-hetero) is 1. The number of halogens is 2. The number of benzene rings is 1. The van der Waals surface area contributed by atoms with Crippen LogP contribution in [0.1, 0.15) is 24.2 Å². The Morgan fingerprint density at radius 1 is 1.35 bits per heavy atom. The van der Waals surface area contributed by atoms with Crippen LogP contribution in [0.25, 0.3) is 0 Å². The summed E-state index contributed by atoms with van der Waals surface area (Å²) < 4.78 is 5.08. The van der Waals surface area contributed by atoms with E-state index in [9.17, 15) is 4.79 Å². The van der Waals surface area contributed by atoms with Crippen LogP contribution in [-0.4, -0.2) is 44.0 Å². The lowest BCUT2D eigenvalue weighted by molar-refractivity contribution is 0.0881. The van der Waals surface area contributed by atoms with Crippen molar-refractivity contribution in [1.29, 1.82) is 0 Å². The monoisotopic (exact) mass is 317 g/mol. The highest BCUT2D eigenvalue weighted by atomic mass is 35.5. The van der Waals surface area contributed by atoms with Crippen LogP contribution in [-0.2, 0) is 4.74 Å². The fourth-order valence-electron chi connectivity index (χ4n) is 1.97. The Morgan fingerprint density at radius 2 is 2.05 bits per heavy atom. The molecule has 112 valence electrons. The van der Waals surface area contributed by atoms with E-state index in [4.69, 9.17) is 27.9 Å². The number of hydrogen-bond donors (Lipinski definition) is 0. The van der Waals surface area contributed by atoms with Crippen LogP contribution in [0, 0.1) is 5.92 Å². The second-order valence-corrected chi connectivity index (χ2v) is 6.01. The molecule has 0 aromatic heterocycles. The van der Waals surface area contributed by atoms with Gasteiger partial charge in [0.05, 0.1) is 18.2 Å². The predicted octanol–water partition coefficient (Wildman–Crippen LogP) is 3.78. The molecule has 0 heterocycles. The third-order valence-electron chi connectivity index (χ3n) is 2.83. The lowest BCUT2D eigenvalue weighted by Gasteiger charge is -2.23. The van der Waals surface area contributed by atoms with Gasteiger partial charge in [-0.15, -0.1) is 0 Å². The van der Waals surface area contributed by atoms with Crippen molar-refractivity contribution in [2.45, 2.75) is 13.8 Å². The van der Waals surface area contributed by atoms with Gasteiger partial charge in [0.25, 0.3) is 0 Å². The van der Waals surface area contributed by atoms with Gasteiger partial charge in [-0.25, -0.2) is 0 Å². The van der Waals surface area contributed by atoms with Crippen molar-refractivity contribution in [2.24, 2.45) is 5.92 Å². The highest BCUT2D eigenvalue weighted by Gasteiger charge is 2.16. The number of nitrogens with zero attached hydrogens (tertiary/aromatic N) is 1. The van der Waals surface area contributed by atoms with Gasteiger partial charge in [-0.2, -0.15) is 0 Å². The molecule has 1 aromatic carbocycles. The van der Waals surface area contributed by atoms with Gasteiger partial charge in [-0.1, -0.05) is 37.0 Å². The molecule has 20 heavy (non-hydrogen) atoms. The standard InChI is InChI=1S/C15H21Cl2NO2/c1-11(2)9-18(6-7-20-3)10-15(19)13-8-12(16)4-5-14(13)17/h4-5,8,11H,6-7,9-10H2,1-3H3. The van der Waals surface area contributed by atoms with E-state index in [1.54, 1.807) is 25.3 Å². The van der Waals surface area contributed by atoms with Crippen LogP contribution in [0.5, 0.6) is 0 Å². The van der Waals surface area contributed by atoms with Crippen LogP contribution >= 0.6 is 23.2 Å². The molecule has 0 aliphatic rings. The number of rotatable bonds is 8. The van der Waals surface area contributed by atoms with Gasteiger partial charge in [0.2, 0.25) is 0 Å². The Hall–Kier alpha value is -0.610. The molecule has 0 aliphatic heterocycles. The van der Waals surface area contributed by atoms with Gasteiger partial charge < -0.3 is 4.74 Å². The minimum atomic E-state index is -0.0192. The molecule has 0 saturated heterocycles. The summed E-state index contributed by atoms with van der Waals surface area (Å²) in [5, 5.41) is 0.959. The van der Waals surface area contributed by atoms with Gasteiger partial charge in [0.1, 0.15) is 0 Å². The Balaban J connectivity index is 2.76. The first-order valence-corrected chi connectivity index (χ1v) is 7.39. The summed E-state index contributed by atoms with van der Waals surface area (Å²) in [5.74, 6) is 0.462. The molecule has 1 rings (SSSR count). The van der Waals surface area contributed by atoms with Crippen molar-refractivity contribution in [3.63, 3.8) is 0 Å². The summed E-state index contributed by atoms with van der Waals surface area (Å²) in [6, 6.07) is 4.95. The topological polar surface area (TPSA) is 29.5 Å². The van der Waals surface area contributed by atoms with Crippen molar-refractivity contribution in [2.75, 3.05) is 33.4 Å². The highest BCUT2D eigenvalue weighted by molar-refractivity contribution is 6.36. The fraction of sp³-hybridized carbons (Fsp3) is 0.533. The predicted molar refractivity (Wildman–Crippen MR) is 83.9 cm³/mol. The molecule has 0 spiro atoms. The average molecular weight is 318 g/mol. The third-order valence-corrected chi connectivity index (χ3v) is 3.40. The van der Waals surface area contributed by atoms with E-state index in [2.05, 4.69) is 18.7 Å². The Bertz CT molecular complexity index is 449. The van der Waals surface area contributed by atoms with Crippen LogP contribution in [0.15, 0.2) is 18.2 Å². The summed E-state index contributed by atoms with van der Waals surface area (Å²) in [6.45, 7) is 6.73. The Labute approximate surface area is 130 Å².